The lowest BCUT2D eigenvalue weighted by molar-refractivity contribution is -0.113. The van der Waals surface area contributed by atoms with E-state index in [4.69, 9.17) is 24.3 Å². The number of methoxy groups -OCH3 is 2. The maximum Gasteiger partial charge on any atom is 0.255 e. The molecule has 0 fully saturated rings. The first-order valence-electron chi connectivity index (χ1n) is 13.8. The van der Waals surface area contributed by atoms with Crippen molar-refractivity contribution < 1.29 is 19.0 Å². The molecule has 9 heteroatoms. The summed E-state index contributed by atoms with van der Waals surface area (Å²) in [7, 11) is 3.23. The Hall–Kier alpha value is -5.57. The molecule has 9 nitrogen and oxygen atoms in total. The largest absolute Gasteiger partial charge is 0.497 e. The van der Waals surface area contributed by atoms with Crippen molar-refractivity contribution in [2.45, 2.75) is 19.6 Å². The summed E-state index contributed by atoms with van der Waals surface area (Å²) in [6, 6.07) is 31.9. The van der Waals surface area contributed by atoms with Crippen LogP contribution in [0, 0.1) is 0 Å². The zero-order valence-electron chi connectivity index (χ0n) is 24.1. The zero-order valence-corrected chi connectivity index (χ0v) is 24.1. The van der Waals surface area contributed by atoms with Crippen molar-refractivity contribution in [2.75, 3.05) is 24.9 Å². The molecule has 43 heavy (non-hydrogen) atoms. The van der Waals surface area contributed by atoms with Gasteiger partial charge in [0.15, 0.2) is 17.3 Å². The van der Waals surface area contributed by atoms with Gasteiger partial charge in [-0.3, -0.25) is 4.79 Å². The van der Waals surface area contributed by atoms with Crippen LogP contribution in [0.15, 0.2) is 114 Å². The molecule has 5 aromatic rings. The van der Waals surface area contributed by atoms with Crippen LogP contribution in [0.5, 0.6) is 17.2 Å². The average Bonchev–Trinajstić information content (AvgIpc) is 3.47. The van der Waals surface area contributed by atoms with Crippen LogP contribution in [-0.4, -0.2) is 34.9 Å². The number of hydrogen-bond donors (Lipinski definition) is 2. The maximum atomic E-state index is 13.9. The quantitative estimate of drug-likeness (QED) is 0.209. The number of benzene rings is 4. The molecule has 1 aromatic heterocycles. The summed E-state index contributed by atoms with van der Waals surface area (Å²) >= 11 is 0. The van der Waals surface area contributed by atoms with Gasteiger partial charge in [-0.1, -0.05) is 54.6 Å². The Morgan fingerprint density at radius 2 is 1.60 bits per heavy atom. The Morgan fingerprint density at radius 3 is 2.30 bits per heavy atom. The molecular formula is C34H31N5O4. The lowest BCUT2D eigenvalue weighted by Crippen LogP contribution is -2.31. The molecule has 0 bridgehead atoms. The van der Waals surface area contributed by atoms with Crippen LogP contribution in [0.3, 0.4) is 0 Å². The highest BCUT2D eigenvalue weighted by atomic mass is 16.5. The van der Waals surface area contributed by atoms with Crippen molar-refractivity contribution in [3.8, 4) is 28.6 Å². The van der Waals surface area contributed by atoms with E-state index in [1.54, 1.807) is 18.9 Å². The van der Waals surface area contributed by atoms with Crippen LogP contribution in [0.2, 0.25) is 0 Å². The van der Waals surface area contributed by atoms with E-state index in [1.165, 1.54) is 0 Å². The summed E-state index contributed by atoms with van der Waals surface area (Å²) in [6.07, 6.45) is 0. The first-order valence-corrected chi connectivity index (χ1v) is 13.8. The third-order valence-corrected chi connectivity index (χ3v) is 7.22. The van der Waals surface area contributed by atoms with Gasteiger partial charge in [-0.2, -0.15) is 4.98 Å². The Morgan fingerprint density at radius 1 is 0.884 bits per heavy atom. The summed E-state index contributed by atoms with van der Waals surface area (Å²) in [5.41, 5.74) is 4.51. The van der Waals surface area contributed by atoms with E-state index >= 15 is 0 Å². The highest BCUT2D eigenvalue weighted by molar-refractivity contribution is 6.06. The molecule has 0 saturated heterocycles. The molecule has 216 valence electrons. The number of fused-ring (bicyclic) bond motifs is 1. The summed E-state index contributed by atoms with van der Waals surface area (Å²) in [4.78, 5) is 18.6. The van der Waals surface area contributed by atoms with Gasteiger partial charge >= 0.3 is 0 Å². The van der Waals surface area contributed by atoms with Gasteiger partial charge < -0.3 is 24.8 Å². The van der Waals surface area contributed by atoms with Crippen LogP contribution in [0.1, 0.15) is 24.1 Å². The third-order valence-electron chi connectivity index (χ3n) is 7.22. The number of carbonyl (C=O) groups excluding carboxylic acids is 1. The lowest BCUT2D eigenvalue weighted by atomic mass is 9.94. The second-order valence-corrected chi connectivity index (χ2v) is 10.0. The molecule has 6 rings (SSSR count). The fraction of sp³-hybridized carbons (Fsp3) is 0.147. The number of aromatic nitrogens is 3. The number of para-hydroxylation sites is 1. The number of amides is 1. The fourth-order valence-electron chi connectivity index (χ4n) is 5.04. The second kappa shape index (κ2) is 12.1. The van der Waals surface area contributed by atoms with Gasteiger partial charge in [-0.15, -0.1) is 5.10 Å². The standard InChI is InChI=1S/C34H31N5O4/c1-22-30(33(40)36-26-12-8-5-9-13-26)31(39-34(35-22)37-32(38-39)24-14-17-27(41-2)18-15-24)25-16-19-28(29(20-25)42-3)43-21-23-10-6-4-7-11-23/h4-20,31H,21H2,1-3H3,(H,36,40)(H,35,37,38). The van der Waals surface area contributed by atoms with Crippen molar-refractivity contribution in [1.82, 2.24) is 14.8 Å². The zero-order chi connectivity index (χ0) is 29.8. The number of ether oxygens (including phenoxy) is 3. The second-order valence-electron chi connectivity index (χ2n) is 10.0. The van der Waals surface area contributed by atoms with E-state index in [9.17, 15) is 4.79 Å². The van der Waals surface area contributed by atoms with Crippen molar-refractivity contribution in [1.29, 1.82) is 0 Å². The number of nitrogens with zero attached hydrogens (tertiary/aromatic N) is 3. The van der Waals surface area contributed by atoms with E-state index in [-0.39, 0.29) is 5.91 Å². The van der Waals surface area contributed by atoms with Crippen LogP contribution < -0.4 is 24.8 Å². The summed E-state index contributed by atoms with van der Waals surface area (Å²) in [5, 5.41) is 11.2. The molecular weight excluding hydrogens is 542 g/mol. The molecule has 2 heterocycles. The number of rotatable bonds is 9. The average molecular weight is 574 g/mol. The van der Waals surface area contributed by atoms with Gasteiger partial charge in [-0.25, -0.2) is 4.68 Å². The number of allylic oxidation sites excluding steroid dienone is 1. The highest BCUT2D eigenvalue weighted by Crippen LogP contribution is 2.40. The van der Waals surface area contributed by atoms with Crippen LogP contribution in [0.25, 0.3) is 11.4 Å². The van der Waals surface area contributed by atoms with Gasteiger partial charge in [0.1, 0.15) is 18.4 Å². The van der Waals surface area contributed by atoms with Crippen LogP contribution in [0.4, 0.5) is 11.6 Å². The topological polar surface area (TPSA) is 99.5 Å². The normalized spacial score (nSPS) is 14.0. The molecule has 0 aliphatic carbocycles. The van der Waals surface area contributed by atoms with Gasteiger partial charge in [0.25, 0.3) is 5.91 Å². The summed E-state index contributed by atoms with van der Waals surface area (Å²) < 4.78 is 18.9. The predicted octanol–water partition coefficient (Wildman–Crippen LogP) is 6.47. The lowest BCUT2D eigenvalue weighted by Gasteiger charge is -2.29. The molecule has 4 aromatic carbocycles. The minimum atomic E-state index is -0.600. The van der Waals surface area contributed by atoms with E-state index in [0.717, 1.165) is 22.4 Å². The van der Waals surface area contributed by atoms with E-state index < -0.39 is 6.04 Å². The molecule has 0 radical (unpaired) electrons. The van der Waals surface area contributed by atoms with E-state index in [0.29, 0.717) is 46.8 Å². The Kier molecular flexibility index (Phi) is 7.78. The smallest absolute Gasteiger partial charge is 0.255 e. The molecule has 1 atom stereocenters. The van der Waals surface area contributed by atoms with E-state index in [2.05, 4.69) is 10.6 Å². The SMILES string of the molecule is COc1ccc(-c2nc3n(n2)C(c2ccc(OCc4ccccc4)c(OC)c2)C(C(=O)Nc2ccccc2)=C(C)N3)cc1. The number of nitrogens with one attached hydrogen (secondary N) is 2. The van der Waals surface area contributed by atoms with Gasteiger partial charge in [0, 0.05) is 16.9 Å². The van der Waals surface area contributed by atoms with Crippen LogP contribution >= 0.6 is 0 Å². The minimum absolute atomic E-state index is 0.253. The van der Waals surface area contributed by atoms with Crippen molar-refractivity contribution in [3.05, 3.63) is 126 Å². The monoisotopic (exact) mass is 573 g/mol. The molecule has 0 spiro atoms. The Labute approximate surface area is 249 Å². The Balaban J connectivity index is 1.40. The van der Waals surface area contributed by atoms with E-state index in [1.807, 2.05) is 110 Å². The third kappa shape index (κ3) is 5.78. The maximum absolute atomic E-state index is 13.9. The first-order chi connectivity index (χ1) is 21.0. The minimum Gasteiger partial charge on any atom is -0.497 e. The highest BCUT2D eigenvalue weighted by Gasteiger charge is 2.35. The van der Waals surface area contributed by atoms with Gasteiger partial charge in [0.2, 0.25) is 5.95 Å². The molecule has 1 unspecified atom stereocenters. The Bertz CT molecular complexity index is 1770. The molecule has 1 amide bonds. The summed E-state index contributed by atoms with van der Waals surface area (Å²) in [5.74, 6) is 2.66. The number of anilines is 2. The first kappa shape index (κ1) is 27.6. The predicted molar refractivity (Wildman–Crippen MR) is 165 cm³/mol. The molecule has 2 N–H and O–H groups in total. The number of hydrogen-bond acceptors (Lipinski definition) is 7. The summed E-state index contributed by atoms with van der Waals surface area (Å²) in [6.45, 7) is 2.26. The molecule has 1 aliphatic rings. The molecule has 0 saturated carbocycles. The fourth-order valence-corrected chi connectivity index (χ4v) is 5.04. The van der Waals surface area contributed by atoms with Crippen molar-refractivity contribution >= 4 is 17.5 Å². The number of carbonyl (C=O) groups is 1. The van der Waals surface area contributed by atoms with Gasteiger partial charge in [-0.05, 0) is 66.6 Å². The van der Waals surface area contributed by atoms with Crippen LogP contribution in [-0.2, 0) is 11.4 Å². The van der Waals surface area contributed by atoms with Crippen molar-refractivity contribution in [3.63, 3.8) is 0 Å². The molecule has 1 aliphatic heterocycles. The van der Waals surface area contributed by atoms with Crippen molar-refractivity contribution in [2.24, 2.45) is 0 Å². The van der Waals surface area contributed by atoms with Gasteiger partial charge in [0.05, 0.1) is 19.8 Å².